The molecule has 0 fully saturated rings. The van der Waals surface area contributed by atoms with Crippen LogP contribution in [0.15, 0.2) is 0 Å². The smallest absolute Gasteiger partial charge is 0.225 e. The lowest BCUT2D eigenvalue weighted by Gasteiger charge is -2.10. The van der Waals surface area contributed by atoms with E-state index in [2.05, 4.69) is 9.97 Å². The predicted octanol–water partition coefficient (Wildman–Crippen LogP) is 2.53. The van der Waals surface area contributed by atoms with Gasteiger partial charge in [0.15, 0.2) is 0 Å². The second-order valence-electron chi connectivity index (χ2n) is 2.57. The molecule has 6 heteroatoms. The predicted molar refractivity (Wildman–Crippen MR) is 52.6 cm³/mol. The van der Waals surface area contributed by atoms with Gasteiger partial charge in [-0.1, -0.05) is 30.1 Å². The Labute approximate surface area is 90.7 Å². The molecule has 1 aromatic heterocycles. The van der Waals surface area contributed by atoms with Crippen LogP contribution < -0.4 is 0 Å². The number of aromatic nitrogens is 2. The van der Waals surface area contributed by atoms with Gasteiger partial charge in [-0.15, -0.1) is 0 Å². The molecule has 0 bridgehead atoms. The van der Waals surface area contributed by atoms with Crippen molar-refractivity contribution in [3.8, 4) is 0 Å². The summed E-state index contributed by atoms with van der Waals surface area (Å²) in [6, 6.07) is 0. The van der Waals surface area contributed by atoms with E-state index in [-0.39, 0.29) is 28.1 Å². The van der Waals surface area contributed by atoms with Crippen LogP contribution in [0.2, 0.25) is 15.6 Å². The Hall–Kier alpha value is -0.0900. The van der Waals surface area contributed by atoms with Crippen molar-refractivity contribution >= 4 is 34.8 Å². The molecule has 0 spiro atoms. The molecule has 0 aromatic carbocycles. The average molecular weight is 242 g/mol. The molecule has 13 heavy (non-hydrogen) atoms. The van der Waals surface area contributed by atoms with E-state index in [9.17, 15) is 0 Å². The summed E-state index contributed by atoms with van der Waals surface area (Å²) in [4.78, 5) is 7.46. The van der Waals surface area contributed by atoms with E-state index in [0.29, 0.717) is 5.56 Å². The summed E-state index contributed by atoms with van der Waals surface area (Å²) in [5, 5.41) is 9.28. The highest BCUT2D eigenvalue weighted by Gasteiger charge is 2.16. The fourth-order valence-electron chi connectivity index (χ4n) is 0.890. The Kier molecular flexibility index (Phi) is 3.74. The Balaban J connectivity index is 3.20. The molecule has 1 heterocycles. The second-order valence-corrected chi connectivity index (χ2v) is 3.63. The van der Waals surface area contributed by atoms with Gasteiger partial charge in [0, 0.05) is 18.1 Å². The molecule has 0 aliphatic heterocycles. The Morgan fingerprint density at radius 2 is 1.69 bits per heavy atom. The third kappa shape index (κ3) is 2.44. The second kappa shape index (κ2) is 4.42. The van der Waals surface area contributed by atoms with E-state index in [1.54, 1.807) is 6.92 Å². The molecule has 1 aromatic rings. The Morgan fingerprint density at radius 3 is 2.08 bits per heavy atom. The summed E-state index contributed by atoms with van der Waals surface area (Å²) in [7, 11) is 0. The zero-order valence-corrected chi connectivity index (χ0v) is 9.03. The first-order valence-corrected chi connectivity index (χ1v) is 4.69. The molecular formula is C7H7Cl3N2O. The fourth-order valence-corrected chi connectivity index (χ4v) is 1.91. The van der Waals surface area contributed by atoms with Crippen LogP contribution in [0.4, 0.5) is 0 Å². The summed E-state index contributed by atoms with van der Waals surface area (Å²) in [6.45, 7) is 1.70. The van der Waals surface area contributed by atoms with Crippen LogP contribution in [0, 0.1) is 0 Å². The van der Waals surface area contributed by atoms with Crippen molar-refractivity contribution in [2.45, 2.75) is 12.8 Å². The number of aliphatic hydroxyl groups excluding tert-OH is 1. The van der Waals surface area contributed by atoms with Crippen LogP contribution >= 0.6 is 34.8 Å². The van der Waals surface area contributed by atoms with E-state index < -0.39 is 0 Å². The zero-order chi connectivity index (χ0) is 10.0. The normalized spacial score (nSPS) is 13.0. The van der Waals surface area contributed by atoms with Crippen LogP contribution in [-0.4, -0.2) is 21.7 Å². The number of hydrogen-bond acceptors (Lipinski definition) is 3. The molecule has 1 rings (SSSR count). The third-order valence-electron chi connectivity index (χ3n) is 1.59. The molecule has 0 saturated carbocycles. The molecule has 1 N–H and O–H groups in total. The highest BCUT2D eigenvalue weighted by Crippen LogP contribution is 2.29. The van der Waals surface area contributed by atoms with E-state index in [4.69, 9.17) is 39.9 Å². The molecule has 0 unspecified atom stereocenters. The molecule has 0 amide bonds. The van der Waals surface area contributed by atoms with Gasteiger partial charge >= 0.3 is 0 Å². The standard InChI is InChI=1S/C7H7Cl3N2O/c1-3(2-13)4-5(8)11-7(10)12-6(4)9/h3,13H,2H2,1H3/t3-/m1/s1. The fraction of sp³-hybridized carbons (Fsp3) is 0.429. The molecular weight excluding hydrogens is 234 g/mol. The number of aliphatic hydroxyl groups is 1. The molecule has 72 valence electrons. The first-order chi connectivity index (χ1) is 6.06. The average Bonchev–Trinajstić information content (AvgIpc) is 2.02. The lowest BCUT2D eigenvalue weighted by atomic mass is 10.1. The topological polar surface area (TPSA) is 46.0 Å². The van der Waals surface area contributed by atoms with E-state index in [1.165, 1.54) is 0 Å². The first kappa shape index (κ1) is 11.0. The number of nitrogens with zero attached hydrogens (tertiary/aromatic N) is 2. The van der Waals surface area contributed by atoms with Gasteiger partial charge in [0.05, 0.1) is 0 Å². The van der Waals surface area contributed by atoms with Crippen LogP contribution in [0.5, 0.6) is 0 Å². The lowest BCUT2D eigenvalue weighted by molar-refractivity contribution is 0.272. The largest absolute Gasteiger partial charge is 0.396 e. The SMILES string of the molecule is C[C@H](CO)c1c(Cl)nc(Cl)nc1Cl. The minimum absolute atomic E-state index is 0.00360. The maximum absolute atomic E-state index is 8.90. The number of hydrogen-bond donors (Lipinski definition) is 1. The number of halogens is 3. The van der Waals surface area contributed by atoms with Crippen molar-refractivity contribution < 1.29 is 5.11 Å². The maximum Gasteiger partial charge on any atom is 0.225 e. The van der Waals surface area contributed by atoms with Crippen LogP contribution in [0.1, 0.15) is 18.4 Å². The van der Waals surface area contributed by atoms with E-state index in [0.717, 1.165) is 0 Å². The third-order valence-corrected chi connectivity index (χ3v) is 2.34. The molecule has 0 aliphatic rings. The van der Waals surface area contributed by atoms with Crippen LogP contribution in [0.3, 0.4) is 0 Å². The van der Waals surface area contributed by atoms with Gasteiger partial charge < -0.3 is 5.11 Å². The van der Waals surface area contributed by atoms with E-state index >= 15 is 0 Å². The highest BCUT2D eigenvalue weighted by molar-refractivity contribution is 6.36. The summed E-state index contributed by atoms with van der Waals surface area (Å²) >= 11 is 17.1. The van der Waals surface area contributed by atoms with Crippen LogP contribution in [-0.2, 0) is 0 Å². The summed E-state index contributed by atoms with van der Waals surface area (Å²) in [5.41, 5.74) is 0.523. The molecule has 3 nitrogen and oxygen atoms in total. The maximum atomic E-state index is 8.90. The van der Waals surface area contributed by atoms with Gasteiger partial charge in [-0.05, 0) is 11.6 Å². The molecule has 1 atom stereocenters. The monoisotopic (exact) mass is 240 g/mol. The Morgan fingerprint density at radius 1 is 1.23 bits per heavy atom. The van der Waals surface area contributed by atoms with Crippen molar-refractivity contribution in [2.75, 3.05) is 6.61 Å². The molecule has 0 aliphatic carbocycles. The summed E-state index contributed by atoms with van der Waals surface area (Å²) in [5.74, 6) is -0.197. The quantitative estimate of drug-likeness (QED) is 0.639. The van der Waals surface area contributed by atoms with Crippen molar-refractivity contribution in [1.29, 1.82) is 0 Å². The van der Waals surface area contributed by atoms with Crippen LogP contribution in [0.25, 0.3) is 0 Å². The molecule has 0 saturated heterocycles. The highest BCUT2D eigenvalue weighted by atomic mass is 35.5. The minimum atomic E-state index is -0.197. The lowest BCUT2D eigenvalue weighted by Crippen LogP contribution is -2.03. The number of rotatable bonds is 2. The van der Waals surface area contributed by atoms with E-state index in [1.807, 2.05) is 0 Å². The first-order valence-electron chi connectivity index (χ1n) is 3.55. The summed E-state index contributed by atoms with van der Waals surface area (Å²) < 4.78 is 0. The minimum Gasteiger partial charge on any atom is -0.396 e. The van der Waals surface area contributed by atoms with Gasteiger partial charge in [0.25, 0.3) is 0 Å². The summed E-state index contributed by atoms with van der Waals surface area (Å²) in [6.07, 6.45) is 0. The Bertz CT molecular complexity index is 296. The van der Waals surface area contributed by atoms with Gasteiger partial charge in [0.2, 0.25) is 5.28 Å². The van der Waals surface area contributed by atoms with Gasteiger partial charge in [0.1, 0.15) is 10.3 Å². The van der Waals surface area contributed by atoms with Crippen molar-refractivity contribution in [3.63, 3.8) is 0 Å². The van der Waals surface area contributed by atoms with Gasteiger partial charge in [-0.25, -0.2) is 9.97 Å². The molecule has 0 radical (unpaired) electrons. The van der Waals surface area contributed by atoms with Crippen molar-refractivity contribution in [1.82, 2.24) is 9.97 Å². The van der Waals surface area contributed by atoms with Crippen molar-refractivity contribution in [3.05, 3.63) is 21.2 Å². The zero-order valence-electron chi connectivity index (χ0n) is 6.76. The van der Waals surface area contributed by atoms with Crippen molar-refractivity contribution in [2.24, 2.45) is 0 Å². The van der Waals surface area contributed by atoms with Gasteiger partial charge in [-0.3, -0.25) is 0 Å². The van der Waals surface area contributed by atoms with Gasteiger partial charge in [-0.2, -0.15) is 0 Å².